The molecule has 3 aromatic carbocycles. The number of rotatable bonds is 8. The Bertz CT molecular complexity index is 1100. The van der Waals surface area contributed by atoms with Crippen molar-refractivity contribution in [1.29, 1.82) is 0 Å². The van der Waals surface area contributed by atoms with Crippen molar-refractivity contribution in [3.63, 3.8) is 0 Å². The van der Waals surface area contributed by atoms with Crippen molar-refractivity contribution < 1.29 is 14.3 Å². The number of amides is 2. The second-order valence-corrected chi connectivity index (χ2v) is 10.2. The van der Waals surface area contributed by atoms with Crippen molar-refractivity contribution in [3.05, 3.63) is 71.3 Å². The average Bonchev–Trinajstić information content (AvgIpc) is 2.79. The van der Waals surface area contributed by atoms with Crippen molar-refractivity contribution in [1.82, 2.24) is 4.90 Å². The maximum atomic E-state index is 12.8. The largest absolute Gasteiger partial charge is 0.457 e. The van der Waals surface area contributed by atoms with Crippen LogP contribution in [0.1, 0.15) is 51.6 Å². The van der Waals surface area contributed by atoms with E-state index in [0.717, 1.165) is 22.6 Å². The molecule has 0 spiro atoms. The number of benzene rings is 3. The molecule has 2 amide bonds. The van der Waals surface area contributed by atoms with Crippen LogP contribution in [0.4, 0.5) is 0 Å². The molecular formula is C25H25NO3S2. The van der Waals surface area contributed by atoms with Crippen LogP contribution in [0.2, 0.25) is 0 Å². The van der Waals surface area contributed by atoms with E-state index in [4.69, 9.17) is 4.74 Å². The monoisotopic (exact) mass is 451 g/mol. The van der Waals surface area contributed by atoms with Crippen LogP contribution in [0.25, 0.3) is 10.8 Å². The van der Waals surface area contributed by atoms with Gasteiger partial charge in [0.05, 0.1) is 4.58 Å². The number of nitrogens with zero attached hydrogens (tertiary/aromatic N) is 1. The Morgan fingerprint density at radius 3 is 2.10 bits per heavy atom. The fourth-order valence-corrected chi connectivity index (χ4v) is 6.36. The molecule has 31 heavy (non-hydrogen) atoms. The van der Waals surface area contributed by atoms with Crippen molar-refractivity contribution >= 4 is 46.1 Å². The second-order valence-electron chi connectivity index (χ2n) is 7.11. The van der Waals surface area contributed by atoms with Gasteiger partial charge in [0.25, 0.3) is 11.8 Å². The topological polar surface area (TPSA) is 46.6 Å². The number of hydrogen-bond acceptors (Lipinski definition) is 5. The van der Waals surface area contributed by atoms with Gasteiger partial charge in [0, 0.05) is 28.4 Å². The van der Waals surface area contributed by atoms with Crippen molar-refractivity contribution in [2.45, 2.75) is 25.4 Å². The molecule has 3 aromatic rings. The Balaban J connectivity index is 1.68. The van der Waals surface area contributed by atoms with Crippen LogP contribution in [0.5, 0.6) is 11.5 Å². The smallest absolute Gasteiger partial charge is 0.261 e. The highest BCUT2D eigenvalue weighted by molar-refractivity contribution is 8.16. The van der Waals surface area contributed by atoms with Crippen LogP contribution in [-0.4, -0.2) is 34.8 Å². The van der Waals surface area contributed by atoms with Crippen LogP contribution in [-0.2, 0) is 0 Å². The van der Waals surface area contributed by atoms with Gasteiger partial charge in [0.2, 0.25) is 0 Å². The molecule has 0 aromatic heterocycles. The maximum Gasteiger partial charge on any atom is 0.261 e. The van der Waals surface area contributed by atoms with E-state index in [0.29, 0.717) is 33.4 Å². The molecule has 6 heteroatoms. The summed E-state index contributed by atoms with van der Waals surface area (Å²) in [5.41, 5.74) is 2.37. The summed E-state index contributed by atoms with van der Waals surface area (Å²) in [5, 5.41) is 1.45. The van der Waals surface area contributed by atoms with Gasteiger partial charge < -0.3 is 4.74 Å². The minimum absolute atomic E-state index is 0.250. The highest BCUT2D eigenvalue weighted by Gasteiger charge is 2.32. The van der Waals surface area contributed by atoms with Gasteiger partial charge in [-0.25, -0.2) is 0 Å². The van der Waals surface area contributed by atoms with E-state index < -0.39 is 0 Å². The first kappa shape index (κ1) is 21.8. The van der Waals surface area contributed by atoms with Crippen LogP contribution < -0.4 is 4.74 Å². The highest BCUT2D eigenvalue weighted by Crippen LogP contribution is 2.41. The fourth-order valence-electron chi connectivity index (χ4n) is 3.86. The Morgan fingerprint density at radius 2 is 1.48 bits per heavy atom. The van der Waals surface area contributed by atoms with Gasteiger partial charge in [-0.15, -0.1) is 23.5 Å². The minimum atomic E-state index is -0.250. The fraction of sp³-hybridized carbons (Fsp3) is 0.280. The molecule has 0 saturated heterocycles. The van der Waals surface area contributed by atoms with E-state index in [-0.39, 0.29) is 11.8 Å². The number of carbonyl (C=O) groups is 2. The molecule has 0 saturated carbocycles. The van der Waals surface area contributed by atoms with Crippen LogP contribution in [0, 0.1) is 0 Å². The molecule has 0 N–H and O–H groups in total. The Kier molecular flexibility index (Phi) is 6.58. The van der Waals surface area contributed by atoms with E-state index in [1.165, 1.54) is 10.5 Å². The van der Waals surface area contributed by atoms with E-state index in [1.807, 2.05) is 60.8 Å². The first-order chi connectivity index (χ1) is 15.1. The number of thioether (sulfide) groups is 2. The lowest BCUT2D eigenvalue weighted by Crippen LogP contribution is -2.40. The van der Waals surface area contributed by atoms with Gasteiger partial charge in [-0.05, 0) is 54.3 Å². The third kappa shape index (κ3) is 4.06. The lowest BCUT2D eigenvalue weighted by atomic mass is 9.93. The van der Waals surface area contributed by atoms with Gasteiger partial charge in [0.15, 0.2) is 0 Å². The average molecular weight is 452 g/mol. The Hall–Kier alpha value is -2.44. The van der Waals surface area contributed by atoms with Gasteiger partial charge in [-0.3, -0.25) is 14.5 Å². The molecule has 0 radical (unpaired) electrons. The molecule has 0 atom stereocenters. The van der Waals surface area contributed by atoms with E-state index in [2.05, 4.69) is 26.0 Å². The third-order valence-electron chi connectivity index (χ3n) is 5.28. The zero-order valence-electron chi connectivity index (χ0n) is 17.9. The van der Waals surface area contributed by atoms with Crippen LogP contribution in [0.15, 0.2) is 54.6 Å². The van der Waals surface area contributed by atoms with Crippen LogP contribution >= 0.6 is 23.5 Å². The predicted molar refractivity (Wildman–Crippen MR) is 131 cm³/mol. The molecule has 4 nitrogen and oxygen atoms in total. The quantitative estimate of drug-likeness (QED) is 0.280. The SMILES string of the molecule is CCSC(SCC)c1ccc(Oc2ccc3c4c(cccc24)C(=O)N(CC)C3=O)cc1. The van der Waals surface area contributed by atoms with Crippen LogP contribution in [0.3, 0.4) is 0 Å². The van der Waals surface area contributed by atoms with Crippen molar-refractivity contribution in [2.75, 3.05) is 18.1 Å². The standard InChI is InChI=1S/C25H25NO3S2/c1-4-26-23(27)19-9-7-8-18-21(15-14-20(22(18)19)24(26)28)29-17-12-10-16(11-13-17)25(30-5-2)31-6-3/h7-15,25H,4-6H2,1-3H3. The predicted octanol–water partition coefficient (Wildman–Crippen LogP) is 6.75. The molecule has 0 fully saturated rings. The molecule has 1 heterocycles. The summed E-state index contributed by atoms with van der Waals surface area (Å²) in [6.07, 6.45) is 0. The first-order valence-corrected chi connectivity index (χ1v) is 12.6. The van der Waals surface area contributed by atoms with Gasteiger partial charge in [0.1, 0.15) is 11.5 Å². The maximum absolute atomic E-state index is 12.8. The summed E-state index contributed by atoms with van der Waals surface area (Å²) < 4.78 is 6.62. The Labute approximate surface area is 191 Å². The number of ether oxygens (including phenoxy) is 1. The van der Waals surface area contributed by atoms with E-state index >= 15 is 0 Å². The molecule has 0 bridgehead atoms. The summed E-state index contributed by atoms with van der Waals surface area (Å²) in [6.45, 7) is 6.52. The minimum Gasteiger partial charge on any atom is -0.457 e. The molecule has 0 unspecified atom stereocenters. The number of carbonyl (C=O) groups excluding carboxylic acids is 2. The molecule has 1 aliphatic heterocycles. The summed E-state index contributed by atoms with van der Waals surface area (Å²) in [4.78, 5) is 26.9. The second kappa shape index (κ2) is 9.37. The molecular weight excluding hydrogens is 426 g/mol. The molecule has 4 rings (SSSR count). The summed E-state index contributed by atoms with van der Waals surface area (Å²) in [6, 6.07) is 17.3. The van der Waals surface area contributed by atoms with Gasteiger partial charge in [-0.2, -0.15) is 0 Å². The number of hydrogen-bond donors (Lipinski definition) is 0. The summed E-state index contributed by atoms with van der Waals surface area (Å²) in [5.74, 6) is 3.02. The third-order valence-corrected chi connectivity index (χ3v) is 7.92. The molecule has 0 aliphatic carbocycles. The van der Waals surface area contributed by atoms with Gasteiger partial charge >= 0.3 is 0 Å². The zero-order valence-corrected chi connectivity index (χ0v) is 19.5. The van der Waals surface area contributed by atoms with Crippen molar-refractivity contribution in [2.24, 2.45) is 0 Å². The van der Waals surface area contributed by atoms with E-state index in [1.54, 1.807) is 12.1 Å². The summed E-state index contributed by atoms with van der Waals surface area (Å²) in [7, 11) is 0. The lowest BCUT2D eigenvalue weighted by molar-refractivity contribution is 0.0619. The van der Waals surface area contributed by atoms with Crippen molar-refractivity contribution in [3.8, 4) is 11.5 Å². The van der Waals surface area contributed by atoms with Gasteiger partial charge in [-0.1, -0.05) is 38.1 Å². The highest BCUT2D eigenvalue weighted by atomic mass is 32.2. The molecule has 1 aliphatic rings. The first-order valence-electron chi connectivity index (χ1n) is 10.5. The van der Waals surface area contributed by atoms with E-state index in [9.17, 15) is 9.59 Å². The normalized spacial score (nSPS) is 13.4. The lowest BCUT2D eigenvalue weighted by Gasteiger charge is -2.26. The Morgan fingerprint density at radius 1 is 0.839 bits per heavy atom. The summed E-state index contributed by atoms with van der Waals surface area (Å²) >= 11 is 3.87. The molecule has 160 valence electrons. The zero-order chi connectivity index (χ0) is 22.0. The number of imide groups is 1.